The Bertz CT molecular complexity index is 798. The quantitative estimate of drug-likeness (QED) is 0.633. The van der Waals surface area contributed by atoms with Gasteiger partial charge in [0.05, 0.1) is 0 Å². The summed E-state index contributed by atoms with van der Waals surface area (Å²) in [6.07, 6.45) is 3.59. The zero-order valence-electron chi connectivity index (χ0n) is 10.8. The Labute approximate surface area is 135 Å². The van der Waals surface area contributed by atoms with Crippen molar-refractivity contribution in [1.82, 2.24) is 10.2 Å². The van der Waals surface area contributed by atoms with Gasteiger partial charge in [0.1, 0.15) is 0 Å². The van der Waals surface area contributed by atoms with Crippen LogP contribution in [0.4, 0.5) is 0 Å². The summed E-state index contributed by atoms with van der Waals surface area (Å²) in [4.78, 5) is 0. The molecule has 0 aliphatic rings. The van der Waals surface area contributed by atoms with Crippen molar-refractivity contribution in [1.29, 1.82) is 0 Å². The highest BCUT2D eigenvalue weighted by molar-refractivity contribution is 9.10. The van der Waals surface area contributed by atoms with E-state index in [1.54, 1.807) is 6.08 Å². The monoisotopic (exact) mass is 360 g/mol. The number of hydrogen-bond acceptors (Lipinski definition) is 3. The Morgan fingerprint density at radius 2 is 1.86 bits per heavy atom. The molecule has 1 heterocycles. The lowest BCUT2D eigenvalue weighted by atomic mass is 10.2. The fourth-order valence-corrected chi connectivity index (χ4v) is 2.41. The molecule has 0 radical (unpaired) electrons. The smallest absolute Gasteiger partial charge is 0.248 e. The molecule has 0 aliphatic heterocycles. The number of halogens is 2. The summed E-state index contributed by atoms with van der Waals surface area (Å²) in [5.41, 5.74) is 1.77. The highest BCUT2D eigenvalue weighted by atomic mass is 79.9. The van der Waals surface area contributed by atoms with E-state index >= 15 is 0 Å². The van der Waals surface area contributed by atoms with Gasteiger partial charge in [-0.05, 0) is 35.9 Å². The molecule has 104 valence electrons. The van der Waals surface area contributed by atoms with Crippen molar-refractivity contribution in [3.8, 4) is 11.5 Å². The Morgan fingerprint density at radius 3 is 2.67 bits per heavy atom. The fourth-order valence-electron chi connectivity index (χ4n) is 1.81. The summed E-state index contributed by atoms with van der Waals surface area (Å²) in [7, 11) is 0. The van der Waals surface area contributed by atoms with Crippen LogP contribution >= 0.6 is 27.5 Å². The third kappa shape index (κ3) is 3.40. The van der Waals surface area contributed by atoms with E-state index in [0.29, 0.717) is 16.8 Å². The fraction of sp³-hybridized carbons (Fsp3) is 0. The first-order valence-corrected chi connectivity index (χ1v) is 7.41. The number of benzene rings is 2. The Balaban J connectivity index is 1.84. The molecule has 0 fully saturated rings. The first kappa shape index (κ1) is 14.0. The highest BCUT2D eigenvalue weighted by Gasteiger charge is 2.06. The molecule has 0 bridgehead atoms. The molecule has 0 spiro atoms. The first-order valence-electron chi connectivity index (χ1n) is 6.24. The molecular weight excluding hydrogens is 352 g/mol. The maximum absolute atomic E-state index is 6.09. The standard InChI is InChI=1S/C16H10BrClN2O/c17-13-6-3-5-12(10-13)16-20-19-15(21-16)9-8-11-4-1-2-7-14(11)18/h1-10H/b9-8+. The van der Waals surface area contributed by atoms with Gasteiger partial charge in [-0.1, -0.05) is 51.8 Å². The molecule has 0 saturated carbocycles. The van der Waals surface area contributed by atoms with Crippen molar-refractivity contribution in [3.63, 3.8) is 0 Å². The highest BCUT2D eigenvalue weighted by Crippen LogP contribution is 2.23. The van der Waals surface area contributed by atoms with Crippen LogP contribution in [0.25, 0.3) is 23.6 Å². The third-order valence-corrected chi connectivity index (χ3v) is 3.66. The van der Waals surface area contributed by atoms with Crippen molar-refractivity contribution < 1.29 is 4.42 Å². The maximum Gasteiger partial charge on any atom is 0.248 e. The average Bonchev–Trinajstić information content (AvgIpc) is 2.95. The van der Waals surface area contributed by atoms with Gasteiger partial charge in [0.25, 0.3) is 0 Å². The van der Waals surface area contributed by atoms with Crippen LogP contribution in [0.3, 0.4) is 0 Å². The number of aromatic nitrogens is 2. The second-order valence-electron chi connectivity index (χ2n) is 4.31. The summed E-state index contributed by atoms with van der Waals surface area (Å²) in [6, 6.07) is 15.3. The molecule has 0 N–H and O–H groups in total. The van der Waals surface area contributed by atoms with Gasteiger partial charge < -0.3 is 4.42 Å². The van der Waals surface area contributed by atoms with Crippen LogP contribution in [0.1, 0.15) is 11.5 Å². The van der Waals surface area contributed by atoms with E-state index in [4.69, 9.17) is 16.0 Å². The first-order chi connectivity index (χ1) is 10.2. The van der Waals surface area contributed by atoms with Gasteiger partial charge in [0.15, 0.2) is 0 Å². The summed E-state index contributed by atoms with van der Waals surface area (Å²) < 4.78 is 6.58. The second-order valence-corrected chi connectivity index (χ2v) is 5.63. The van der Waals surface area contributed by atoms with Crippen molar-refractivity contribution in [2.45, 2.75) is 0 Å². The van der Waals surface area contributed by atoms with E-state index in [0.717, 1.165) is 15.6 Å². The summed E-state index contributed by atoms with van der Waals surface area (Å²) in [6.45, 7) is 0. The van der Waals surface area contributed by atoms with Gasteiger partial charge in [-0.25, -0.2) is 0 Å². The van der Waals surface area contributed by atoms with Crippen molar-refractivity contribution in [2.24, 2.45) is 0 Å². The van der Waals surface area contributed by atoms with Crippen LogP contribution in [-0.2, 0) is 0 Å². The number of nitrogens with zero attached hydrogens (tertiary/aromatic N) is 2. The summed E-state index contributed by atoms with van der Waals surface area (Å²) in [5.74, 6) is 0.917. The van der Waals surface area contributed by atoms with E-state index in [-0.39, 0.29) is 0 Å². The Morgan fingerprint density at radius 1 is 1.00 bits per heavy atom. The van der Waals surface area contributed by atoms with Gasteiger partial charge in [-0.15, -0.1) is 10.2 Å². The Hall–Kier alpha value is -1.91. The molecule has 3 nitrogen and oxygen atoms in total. The molecule has 21 heavy (non-hydrogen) atoms. The lowest BCUT2D eigenvalue weighted by Gasteiger charge is -1.95. The van der Waals surface area contributed by atoms with Crippen LogP contribution in [-0.4, -0.2) is 10.2 Å². The SMILES string of the molecule is Clc1ccccc1/C=C/c1nnc(-c2cccc(Br)c2)o1. The van der Waals surface area contributed by atoms with Gasteiger partial charge in [0.2, 0.25) is 11.8 Å². The van der Waals surface area contributed by atoms with Crippen LogP contribution in [0.5, 0.6) is 0 Å². The van der Waals surface area contributed by atoms with Gasteiger partial charge >= 0.3 is 0 Å². The van der Waals surface area contributed by atoms with Crippen LogP contribution in [0.15, 0.2) is 57.4 Å². The van der Waals surface area contributed by atoms with Crippen LogP contribution in [0.2, 0.25) is 5.02 Å². The lowest BCUT2D eigenvalue weighted by Crippen LogP contribution is -1.77. The summed E-state index contributed by atoms with van der Waals surface area (Å²) in [5, 5.41) is 8.73. The van der Waals surface area contributed by atoms with Crippen molar-refractivity contribution in [3.05, 3.63) is 69.5 Å². The van der Waals surface area contributed by atoms with Crippen LogP contribution < -0.4 is 0 Å². The minimum absolute atomic E-state index is 0.435. The minimum atomic E-state index is 0.435. The topological polar surface area (TPSA) is 38.9 Å². The largest absolute Gasteiger partial charge is 0.417 e. The maximum atomic E-state index is 6.09. The zero-order valence-corrected chi connectivity index (χ0v) is 13.2. The molecule has 3 aromatic rings. The van der Waals surface area contributed by atoms with E-state index < -0.39 is 0 Å². The van der Waals surface area contributed by atoms with Gasteiger partial charge in [-0.3, -0.25) is 0 Å². The predicted octanol–water partition coefficient (Wildman–Crippen LogP) is 5.32. The Kier molecular flexibility index (Phi) is 4.18. The van der Waals surface area contributed by atoms with Gasteiger partial charge in [-0.2, -0.15) is 0 Å². The minimum Gasteiger partial charge on any atom is -0.417 e. The molecule has 0 aliphatic carbocycles. The molecule has 0 atom stereocenters. The van der Waals surface area contributed by atoms with E-state index in [2.05, 4.69) is 26.1 Å². The average molecular weight is 362 g/mol. The molecule has 2 aromatic carbocycles. The normalized spacial score (nSPS) is 11.1. The molecule has 3 rings (SSSR count). The third-order valence-electron chi connectivity index (χ3n) is 2.82. The zero-order chi connectivity index (χ0) is 14.7. The van der Waals surface area contributed by atoms with Crippen molar-refractivity contribution in [2.75, 3.05) is 0 Å². The van der Waals surface area contributed by atoms with Crippen LogP contribution in [0, 0.1) is 0 Å². The second kappa shape index (κ2) is 6.24. The number of rotatable bonds is 3. The van der Waals surface area contributed by atoms with E-state index in [1.807, 2.05) is 54.6 Å². The summed E-state index contributed by atoms with van der Waals surface area (Å²) >= 11 is 9.50. The molecule has 5 heteroatoms. The molecule has 0 amide bonds. The van der Waals surface area contributed by atoms with E-state index in [9.17, 15) is 0 Å². The molecular formula is C16H10BrClN2O. The molecule has 1 aromatic heterocycles. The van der Waals surface area contributed by atoms with Gasteiger partial charge in [0, 0.05) is 21.1 Å². The molecule has 0 saturated heterocycles. The molecule has 0 unspecified atom stereocenters. The predicted molar refractivity (Wildman–Crippen MR) is 87.8 cm³/mol. The number of hydrogen-bond donors (Lipinski definition) is 0. The van der Waals surface area contributed by atoms with E-state index in [1.165, 1.54) is 0 Å². The van der Waals surface area contributed by atoms with Crippen molar-refractivity contribution >= 4 is 39.7 Å². The lowest BCUT2D eigenvalue weighted by molar-refractivity contribution is 0.558.